The van der Waals surface area contributed by atoms with Crippen LogP contribution in [0, 0.1) is 11.3 Å². The highest BCUT2D eigenvalue weighted by Crippen LogP contribution is 2.54. The van der Waals surface area contributed by atoms with Crippen LogP contribution in [0.3, 0.4) is 0 Å². The van der Waals surface area contributed by atoms with E-state index in [1.807, 2.05) is 0 Å². The zero-order valence-corrected chi connectivity index (χ0v) is 7.62. The predicted octanol–water partition coefficient (Wildman–Crippen LogP) is 0.581. The first-order valence-corrected chi connectivity index (χ1v) is 4.81. The van der Waals surface area contributed by atoms with Crippen LogP contribution >= 0.6 is 0 Å². The minimum atomic E-state index is -0.382. The smallest absolute Gasteiger partial charge is 0.227 e. The SMILES string of the molecule is NC(=O)C12CCC(C=C1CCO)C2. The van der Waals surface area contributed by atoms with Crippen molar-refractivity contribution in [3.8, 4) is 0 Å². The second kappa shape index (κ2) is 2.84. The molecule has 2 aliphatic rings. The maximum atomic E-state index is 11.4. The van der Waals surface area contributed by atoms with Crippen LogP contribution in [0.15, 0.2) is 11.6 Å². The van der Waals surface area contributed by atoms with Gasteiger partial charge in [-0.1, -0.05) is 11.6 Å². The Morgan fingerprint density at radius 2 is 2.54 bits per heavy atom. The first-order valence-electron chi connectivity index (χ1n) is 4.81. The molecule has 0 heterocycles. The van der Waals surface area contributed by atoms with Crippen molar-refractivity contribution in [3.05, 3.63) is 11.6 Å². The number of hydrogen-bond acceptors (Lipinski definition) is 2. The van der Waals surface area contributed by atoms with Gasteiger partial charge in [0.1, 0.15) is 0 Å². The van der Waals surface area contributed by atoms with Gasteiger partial charge >= 0.3 is 0 Å². The summed E-state index contributed by atoms with van der Waals surface area (Å²) in [6.45, 7) is 0.119. The van der Waals surface area contributed by atoms with Crippen molar-refractivity contribution in [1.29, 1.82) is 0 Å². The van der Waals surface area contributed by atoms with Crippen LogP contribution in [0.4, 0.5) is 0 Å². The number of amides is 1. The molecular formula is C10H15NO2. The van der Waals surface area contributed by atoms with E-state index < -0.39 is 0 Å². The summed E-state index contributed by atoms with van der Waals surface area (Å²) >= 11 is 0. The summed E-state index contributed by atoms with van der Waals surface area (Å²) in [4.78, 5) is 11.4. The molecule has 0 aromatic rings. The van der Waals surface area contributed by atoms with E-state index in [0.717, 1.165) is 24.8 Å². The van der Waals surface area contributed by atoms with Crippen molar-refractivity contribution in [1.82, 2.24) is 0 Å². The Hall–Kier alpha value is -0.830. The molecule has 0 aromatic heterocycles. The Kier molecular flexibility index (Phi) is 1.91. The minimum absolute atomic E-state index is 0.119. The van der Waals surface area contributed by atoms with E-state index in [1.54, 1.807) is 0 Å². The summed E-state index contributed by atoms with van der Waals surface area (Å²) in [7, 11) is 0. The van der Waals surface area contributed by atoms with E-state index >= 15 is 0 Å². The Morgan fingerprint density at radius 3 is 3.08 bits per heavy atom. The van der Waals surface area contributed by atoms with Crippen LogP contribution in [0.5, 0.6) is 0 Å². The molecule has 2 atom stereocenters. The maximum absolute atomic E-state index is 11.4. The summed E-state index contributed by atoms with van der Waals surface area (Å²) in [6.07, 6.45) is 5.61. The highest BCUT2D eigenvalue weighted by molar-refractivity contribution is 5.85. The fraction of sp³-hybridized carbons (Fsp3) is 0.700. The van der Waals surface area contributed by atoms with Crippen LogP contribution < -0.4 is 5.73 Å². The molecule has 2 unspecified atom stereocenters. The monoisotopic (exact) mass is 181 g/mol. The number of hydrogen-bond donors (Lipinski definition) is 2. The minimum Gasteiger partial charge on any atom is -0.396 e. The van der Waals surface area contributed by atoms with Gasteiger partial charge in [0.25, 0.3) is 0 Å². The number of primary amides is 1. The number of fused-ring (bicyclic) bond motifs is 2. The number of aliphatic hydroxyl groups is 1. The van der Waals surface area contributed by atoms with Gasteiger partial charge in [0.05, 0.1) is 5.41 Å². The van der Waals surface area contributed by atoms with Crippen LogP contribution in [0.25, 0.3) is 0 Å². The number of carbonyl (C=O) groups excluding carboxylic acids is 1. The highest BCUT2D eigenvalue weighted by Gasteiger charge is 2.50. The molecule has 2 rings (SSSR count). The van der Waals surface area contributed by atoms with Crippen molar-refractivity contribution in [2.45, 2.75) is 25.7 Å². The Labute approximate surface area is 77.6 Å². The van der Waals surface area contributed by atoms with Gasteiger partial charge in [-0.15, -0.1) is 0 Å². The molecule has 3 nitrogen and oxygen atoms in total. The first kappa shape index (κ1) is 8.75. The number of carbonyl (C=O) groups is 1. The zero-order chi connectivity index (χ0) is 9.47. The summed E-state index contributed by atoms with van der Waals surface area (Å²) in [6, 6.07) is 0. The Bertz CT molecular complexity index is 272. The molecule has 13 heavy (non-hydrogen) atoms. The van der Waals surface area contributed by atoms with Gasteiger partial charge in [0.2, 0.25) is 5.91 Å². The predicted molar refractivity (Wildman–Crippen MR) is 48.8 cm³/mol. The molecule has 0 aromatic carbocycles. The third-order valence-corrected chi connectivity index (χ3v) is 3.46. The Balaban J connectivity index is 2.27. The number of nitrogens with two attached hydrogens (primary N) is 1. The normalized spacial score (nSPS) is 36.4. The third kappa shape index (κ3) is 1.10. The fourth-order valence-corrected chi connectivity index (χ4v) is 2.79. The topological polar surface area (TPSA) is 63.3 Å². The van der Waals surface area contributed by atoms with E-state index in [4.69, 9.17) is 10.8 Å². The average molecular weight is 181 g/mol. The van der Waals surface area contributed by atoms with E-state index in [9.17, 15) is 4.79 Å². The standard InChI is InChI=1S/C10H15NO2/c11-9(13)10-3-1-7(6-10)5-8(10)2-4-12/h5,7,12H,1-4,6H2,(H2,11,13). The maximum Gasteiger partial charge on any atom is 0.227 e. The summed E-state index contributed by atoms with van der Waals surface area (Å²) in [5.41, 5.74) is 6.13. The first-order chi connectivity index (χ1) is 6.19. The summed E-state index contributed by atoms with van der Waals surface area (Å²) < 4.78 is 0. The molecule has 72 valence electrons. The second-order valence-electron chi connectivity index (χ2n) is 4.11. The summed E-state index contributed by atoms with van der Waals surface area (Å²) in [5, 5.41) is 8.86. The van der Waals surface area contributed by atoms with Gasteiger partial charge in [0.15, 0.2) is 0 Å². The molecule has 2 bridgehead atoms. The van der Waals surface area contributed by atoms with Gasteiger partial charge in [-0.25, -0.2) is 0 Å². The lowest BCUT2D eigenvalue weighted by molar-refractivity contribution is -0.125. The summed E-state index contributed by atoms with van der Waals surface area (Å²) in [5.74, 6) is 0.334. The van der Waals surface area contributed by atoms with Crippen LogP contribution in [0.2, 0.25) is 0 Å². The lowest BCUT2D eigenvalue weighted by atomic mass is 9.78. The number of rotatable bonds is 3. The van der Waals surface area contributed by atoms with Gasteiger partial charge in [-0.2, -0.15) is 0 Å². The highest BCUT2D eigenvalue weighted by atomic mass is 16.3. The molecule has 2 aliphatic carbocycles. The van der Waals surface area contributed by atoms with E-state index in [1.165, 1.54) is 0 Å². The molecule has 0 saturated heterocycles. The van der Waals surface area contributed by atoms with Gasteiger partial charge in [-0.3, -0.25) is 4.79 Å². The van der Waals surface area contributed by atoms with Crippen molar-refractivity contribution in [3.63, 3.8) is 0 Å². The zero-order valence-electron chi connectivity index (χ0n) is 7.62. The van der Waals surface area contributed by atoms with Crippen molar-refractivity contribution in [2.75, 3.05) is 6.61 Å². The molecule has 0 radical (unpaired) electrons. The lowest BCUT2D eigenvalue weighted by Crippen LogP contribution is -2.35. The molecule has 1 amide bonds. The molecule has 3 heteroatoms. The van der Waals surface area contributed by atoms with Crippen LogP contribution in [-0.4, -0.2) is 17.6 Å². The lowest BCUT2D eigenvalue weighted by Gasteiger charge is -2.26. The molecule has 1 fully saturated rings. The Morgan fingerprint density at radius 1 is 1.77 bits per heavy atom. The fourth-order valence-electron chi connectivity index (χ4n) is 2.79. The molecular weight excluding hydrogens is 166 g/mol. The van der Waals surface area contributed by atoms with Crippen molar-refractivity contribution >= 4 is 5.91 Å². The van der Waals surface area contributed by atoms with Gasteiger partial charge in [0, 0.05) is 6.61 Å². The van der Waals surface area contributed by atoms with Crippen LogP contribution in [0.1, 0.15) is 25.7 Å². The van der Waals surface area contributed by atoms with Gasteiger partial charge in [-0.05, 0) is 31.6 Å². The number of allylic oxidation sites excluding steroid dienone is 1. The van der Waals surface area contributed by atoms with E-state index in [2.05, 4.69) is 6.08 Å². The van der Waals surface area contributed by atoms with Gasteiger partial charge < -0.3 is 10.8 Å². The quantitative estimate of drug-likeness (QED) is 0.625. The molecule has 0 spiro atoms. The van der Waals surface area contributed by atoms with Crippen molar-refractivity contribution < 1.29 is 9.90 Å². The molecule has 0 aliphatic heterocycles. The third-order valence-electron chi connectivity index (χ3n) is 3.46. The van der Waals surface area contributed by atoms with Crippen molar-refractivity contribution in [2.24, 2.45) is 17.1 Å². The second-order valence-corrected chi connectivity index (χ2v) is 4.11. The van der Waals surface area contributed by atoms with E-state index in [0.29, 0.717) is 12.3 Å². The molecule has 1 saturated carbocycles. The number of aliphatic hydroxyl groups excluding tert-OH is 1. The largest absolute Gasteiger partial charge is 0.396 e. The van der Waals surface area contributed by atoms with Crippen LogP contribution in [-0.2, 0) is 4.79 Å². The van der Waals surface area contributed by atoms with E-state index in [-0.39, 0.29) is 17.9 Å². The average Bonchev–Trinajstić information content (AvgIpc) is 2.62. The molecule has 3 N–H and O–H groups in total.